The molecule has 0 aromatic heterocycles. The lowest BCUT2D eigenvalue weighted by atomic mass is 9.76. The molecule has 0 spiro atoms. The van der Waals surface area contributed by atoms with E-state index in [0.29, 0.717) is 11.7 Å². The number of likely N-dealkylation sites (tertiary alicyclic amines) is 1. The van der Waals surface area contributed by atoms with E-state index >= 15 is 0 Å². The number of ketones is 1. The van der Waals surface area contributed by atoms with Crippen LogP contribution in [0, 0.1) is 5.92 Å². The Balaban J connectivity index is 1.76. The highest BCUT2D eigenvalue weighted by Crippen LogP contribution is 2.35. The van der Waals surface area contributed by atoms with Crippen LogP contribution >= 0.6 is 0 Å². The van der Waals surface area contributed by atoms with Gasteiger partial charge in [0.05, 0.1) is 0 Å². The minimum atomic E-state index is 0.211. The van der Waals surface area contributed by atoms with Crippen molar-refractivity contribution in [2.75, 3.05) is 19.6 Å². The van der Waals surface area contributed by atoms with Crippen LogP contribution in [0.15, 0.2) is 24.3 Å². The third kappa shape index (κ3) is 2.59. The highest BCUT2D eigenvalue weighted by molar-refractivity contribution is 6.00. The lowest BCUT2D eigenvalue weighted by Crippen LogP contribution is -2.39. The van der Waals surface area contributed by atoms with Crippen molar-refractivity contribution in [1.82, 2.24) is 4.90 Å². The third-order valence-corrected chi connectivity index (χ3v) is 4.69. The van der Waals surface area contributed by atoms with E-state index in [2.05, 4.69) is 17.9 Å². The summed E-state index contributed by atoms with van der Waals surface area (Å²) >= 11 is 0. The summed E-state index contributed by atoms with van der Waals surface area (Å²) < 4.78 is 0. The number of hydrogen-bond donors (Lipinski definition) is 0. The summed E-state index contributed by atoms with van der Waals surface area (Å²) in [6.07, 6.45) is 4.97. The first-order valence-electron chi connectivity index (χ1n) is 7.61. The molecule has 1 aliphatic heterocycles. The standard InChI is InChI=1S/C17H23NO/c1-13-11-14(12-18-9-5-2-6-10-18)17(19)16-8-4-3-7-15(13)16/h3-4,7-8,13-14H,2,5-6,9-12H2,1H3. The first-order chi connectivity index (χ1) is 9.25. The van der Waals surface area contributed by atoms with E-state index in [1.807, 2.05) is 18.2 Å². The summed E-state index contributed by atoms with van der Waals surface area (Å²) in [5.41, 5.74) is 2.23. The Hall–Kier alpha value is -1.15. The van der Waals surface area contributed by atoms with Crippen LogP contribution in [0.3, 0.4) is 0 Å². The number of hydrogen-bond acceptors (Lipinski definition) is 2. The molecular weight excluding hydrogens is 234 g/mol. The quantitative estimate of drug-likeness (QED) is 0.808. The smallest absolute Gasteiger partial charge is 0.167 e. The van der Waals surface area contributed by atoms with Crippen molar-refractivity contribution in [2.45, 2.75) is 38.5 Å². The summed E-state index contributed by atoms with van der Waals surface area (Å²) in [5.74, 6) is 1.10. The Bertz CT molecular complexity index is 462. The molecule has 0 amide bonds. The highest BCUT2D eigenvalue weighted by atomic mass is 16.1. The Labute approximate surface area is 115 Å². The van der Waals surface area contributed by atoms with E-state index in [1.165, 1.54) is 37.9 Å². The second kappa shape index (κ2) is 5.46. The lowest BCUT2D eigenvalue weighted by molar-refractivity contribution is 0.0835. The molecule has 2 unspecified atom stereocenters. The first kappa shape index (κ1) is 12.9. The minimum absolute atomic E-state index is 0.211. The average molecular weight is 257 g/mol. The number of piperidine rings is 1. The van der Waals surface area contributed by atoms with Crippen LogP contribution in [0.25, 0.3) is 0 Å². The maximum absolute atomic E-state index is 12.6. The molecule has 2 heteroatoms. The van der Waals surface area contributed by atoms with E-state index in [4.69, 9.17) is 0 Å². The number of Topliss-reactive ketones (excluding diaryl/α,β-unsaturated/α-hetero) is 1. The fraction of sp³-hybridized carbons (Fsp3) is 0.588. The van der Waals surface area contributed by atoms with Gasteiger partial charge in [0.15, 0.2) is 5.78 Å². The van der Waals surface area contributed by atoms with Gasteiger partial charge in [-0.2, -0.15) is 0 Å². The molecule has 0 N–H and O–H groups in total. The average Bonchev–Trinajstić information content (AvgIpc) is 2.46. The number of rotatable bonds is 2. The van der Waals surface area contributed by atoms with Crippen LogP contribution in [-0.4, -0.2) is 30.3 Å². The number of benzene rings is 1. The van der Waals surface area contributed by atoms with E-state index in [1.54, 1.807) is 0 Å². The molecule has 1 aromatic carbocycles. The van der Waals surface area contributed by atoms with Gasteiger partial charge in [-0.05, 0) is 43.8 Å². The molecule has 2 nitrogen and oxygen atoms in total. The van der Waals surface area contributed by atoms with Crippen molar-refractivity contribution >= 4 is 5.78 Å². The summed E-state index contributed by atoms with van der Waals surface area (Å²) in [4.78, 5) is 15.1. The lowest BCUT2D eigenvalue weighted by Gasteiger charge is -2.34. The van der Waals surface area contributed by atoms with Crippen molar-refractivity contribution in [2.24, 2.45) is 5.92 Å². The van der Waals surface area contributed by atoms with Crippen molar-refractivity contribution < 1.29 is 4.79 Å². The molecule has 1 heterocycles. The number of nitrogens with zero attached hydrogens (tertiary/aromatic N) is 1. The fourth-order valence-electron chi connectivity index (χ4n) is 3.64. The molecule has 0 bridgehead atoms. The summed E-state index contributed by atoms with van der Waals surface area (Å²) in [6, 6.07) is 8.17. The van der Waals surface area contributed by atoms with Gasteiger partial charge in [-0.15, -0.1) is 0 Å². The maximum atomic E-state index is 12.6. The molecule has 2 aliphatic rings. The molecular formula is C17H23NO. The number of carbonyl (C=O) groups is 1. The second-order valence-corrected chi connectivity index (χ2v) is 6.15. The van der Waals surface area contributed by atoms with Crippen molar-refractivity contribution in [1.29, 1.82) is 0 Å². The van der Waals surface area contributed by atoms with Crippen LogP contribution in [-0.2, 0) is 0 Å². The van der Waals surface area contributed by atoms with E-state index < -0.39 is 0 Å². The first-order valence-corrected chi connectivity index (χ1v) is 7.61. The van der Waals surface area contributed by atoms with Gasteiger partial charge >= 0.3 is 0 Å². The van der Waals surface area contributed by atoms with Gasteiger partial charge in [0.2, 0.25) is 0 Å². The van der Waals surface area contributed by atoms with Crippen molar-refractivity contribution in [3.63, 3.8) is 0 Å². The molecule has 1 aliphatic carbocycles. The Morgan fingerprint density at radius 1 is 1.16 bits per heavy atom. The predicted octanol–water partition coefficient (Wildman–Crippen LogP) is 3.48. The van der Waals surface area contributed by atoms with Gasteiger partial charge in [0, 0.05) is 18.0 Å². The monoisotopic (exact) mass is 257 g/mol. The summed E-state index contributed by atoms with van der Waals surface area (Å²) in [5, 5.41) is 0. The maximum Gasteiger partial charge on any atom is 0.167 e. The summed E-state index contributed by atoms with van der Waals surface area (Å²) in [6.45, 7) is 5.59. The molecule has 19 heavy (non-hydrogen) atoms. The van der Waals surface area contributed by atoms with Gasteiger partial charge < -0.3 is 4.90 Å². The van der Waals surface area contributed by atoms with Gasteiger partial charge in [-0.1, -0.05) is 37.6 Å². The van der Waals surface area contributed by atoms with E-state index in [0.717, 1.165) is 18.5 Å². The molecule has 1 saturated heterocycles. The zero-order chi connectivity index (χ0) is 13.2. The second-order valence-electron chi connectivity index (χ2n) is 6.15. The number of fused-ring (bicyclic) bond motifs is 1. The summed E-state index contributed by atoms with van der Waals surface area (Å²) in [7, 11) is 0. The van der Waals surface area contributed by atoms with Crippen LogP contribution in [0.2, 0.25) is 0 Å². The van der Waals surface area contributed by atoms with Crippen LogP contribution in [0.4, 0.5) is 0 Å². The Morgan fingerprint density at radius 2 is 1.89 bits per heavy atom. The van der Waals surface area contributed by atoms with Gasteiger partial charge in [-0.3, -0.25) is 4.79 Å². The molecule has 1 fully saturated rings. The zero-order valence-corrected chi connectivity index (χ0v) is 11.8. The van der Waals surface area contributed by atoms with Crippen LogP contribution in [0.5, 0.6) is 0 Å². The molecule has 102 valence electrons. The molecule has 0 radical (unpaired) electrons. The fourth-order valence-corrected chi connectivity index (χ4v) is 3.64. The van der Waals surface area contributed by atoms with Gasteiger partial charge in [-0.25, -0.2) is 0 Å². The molecule has 0 saturated carbocycles. The predicted molar refractivity (Wildman–Crippen MR) is 77.6 cm³/mol. The van der Waals surface area contributed by atoms with Gasteiger partial charge in [0.1, 0.15) is 0 Å². The Kier molecular flexibility index (Phi) is 3.69. The normalized spacial score (nSPS) is 28.2. The molecule has 2 atom stereocenters. The Morgan fingerprint density at radius 3 is 2.68 bits per heavy atom. The topological polar surface area (TPSA) is 20.3 Å². The third-order valence-electron chi connectivity index (χ3n) is 4.69. The minimum Gasteiger partial charge on any atom is -0.303 e. The van der Waals surface area contributed by atoms with Crippen LogP contribution < -0.4 is 0 Å². The van der Waals surface area contributed by atoms with Crippen molar-refractivity contribution in [3.8, 4) is 0 Å². The SMILES string of the molecule is CC1CC(CN2CCCCC2)C(=O)c2ccccc21. The van der Waals surface area contributed by atoms with Gasteiger partial charge in [0.25, 0.3) is 0 Å². The van der Waals surface area contributed by atoms with E-state index in [-0.39, 0.29) is 5.92 Å². The highest BCUT2D eigenvalue weighted by Gasteiger charge is 2.32. The number of carbonyl (C=O) groups excluding carboxylic acids is 1. The van der Waals surface area contributed by atoms with E-state index in [9.17, 15) is 4.79 Å². The largest absolute Gasteiger partial charge is 0.303 e. The molecule has 3 rings (SSSR count). The van der Waals surface area contributed by atoms with Crippen LogP contribution in [0.1, 0.15) is 54.4 Å². The molecule has 1 aromatic rings. The zero-order valence-electron chi connectivity index (χ0n) is 11.8. The van der Waals surface area contributed by atoms with Crippen molar-refractivity contribution in [3.05, 3.63) is 35.4 Å².